The van der Waals surface area contributed by atoms with E-state index in [0.29, 0.717) is 34.9 Å². The average molecular weight is 408 g/mol. The standard InChI is InChI=1S/C24H25NO5/c1-15-4-3-11-25(13-15)14-19-20(26)10-9-18-22(27)21(30-23(18)19)12-16-5-7-17(8-6-16)24(28)29-2/h5-10,12,15,26H,3-4,11,13-14H2,1-2H3/p+1/b21-12-/t15-/m1/s1. The van der Waals surface area contributed by atoms with Crippen molar-refractivity contribution >= 4 is 17.8 Å². The molecule has 0 aromatic heterocycles. The molecule has 156 valence electrons. The summed E-state index contributed by atoms with van der Waals surface area (Å²) >= 11 is 0. The van der Waals surface area contributed by atoms with E-state index in [0.717, 1.165) is 18.7 Å². The molecule has 1 saturated heterocycles. The molecule has 0 bridgehead atoms. The largest absolute Gasteiger partial charge is 0.507 e. The Morgan fingerprint density at radius 2 is 2.03 bits per heavy atom. The van der Waals surface area contributed by atoms with Gasteiger partial charge in [-0.1, -0.05) is 19.1 Å². The Hall–Kier alpha value is -3.12. The van der Waals surface area contributed by atoms with Gasteiger partial charge in [-0.2, -0.15) is 0 Å². The minimum absolute atomic E-state index is 0.163. The zero-order chi connectivity index (χ0) is 21.3. The second-order valence-electron chi connectivity index (χ2n) is 8.12. The second kappa shape index (κ2) is 8.32. The number of allylic oxidation sites excluding steroid dienone is 1. The molecule has 2 aliphatic heterocycles. The number of aromatic hydroxyl groups is 1. The molecule has 2 aromatic carbocycles. The maximum absolute atomic E-state index is 12.9. The van der Waals surface area contributed by atoms with Gasteiger partial charge in [-0.05, 0) is 48.7 Å². The number of phenolic OH excluding ortho intramolecular Hbond substituents is 1. The van der Waals surface area contributed by atoms with E-state index in [-0.39, 0.29) is 17.3 Å². The Morgan fingerprint density at radius 3 is 2.73 bits per heavy atom. The van der Waals surface area contributed by atoms with Crippen LogP contribution in [-0.4, -0.2) is 37.1 Å². The predicted molar refractivity (Wildman–Crippen MR) is 112 cm³/mol. The molecule has 0 saturated carbocycles. The number of piperidine rings is 1. The summed E-state index contributed by atoms with van der Waals surface area (Å²) in [5, 5.41) is 10.5. The van der Waals surface area contributed by atoms with E-state index in [4.69, 9.17) is 9.47 Å². The first-order chi connectivity index (χ1) is 14.5. The van der Waals surface area contributed by atoms with Crippen molar-refractivity contribution in [1.29, 1.82) is 0 Å². The fraction of sp³-hybridized carbons (Fsp3) is 0.333. The number of rotatable bonds is 4. The van der Waals surface area contributed by atoms with Gasteiger partial charge in [0.15, 0.2) is 11.5 Å². The van der Waals surface area contributed by atoms with Gasteiger partial charge in [0, 0.05) is 5.92 Å². The Morgan fingerprint density at radius 1 is 1.27 bits per heavy atom. The van der Waals surface area contributed by atoms with Crippen LogP contribution in [0, 0.1) is 5.92 Å². The number of fused-ring (bicyclic) bond motifs is 1. The number of carbonyl (C=O) groups is 2. The topological polar surface area (TPSA) is 77.3 Å². The second-order valence-corrected chi connectivity index (χ2v) is 8.12. The highest BCUT2D eigenvalue weighted by Crippen LogP contribution is 2.39. The summed E-state index contributed by atoms with van der Waals surface area (Å²) in [5.41, 5.74) is 2.34. The van der Waals surface area contributed by atoms with Crippen molar-refractivity contribution < 1.29 is 29.1 Å². The van der Waals surface area contributed by atoms with E-state index in [2.05, 4.69) is 6.92 Å². The van der Waals surface area contributed by atoms with Gasteiger partial charge in [-0.25, -0.2) is 4.79 Å². The van der Waals surface area contributed by atoms with Gasteiger partial charge >= 0.3 is 5.97 Å². The van der Waals surface area contributed by atoms with Crippen LogP contribution < -0.4 is 9.64 Å². The molecule has 0 aliphatic carbocycles. The number of likely N-dealkylation sites (tertiary alicyclic amines) is 1. The van der Waals surface area contributed by atoms with Crippen molar-refractivity contribution in [2.24, 2.45) is 5.92 Å². The van der Waals surface area contributed by atoms with Crippen molar-refractivity contribution in [3.63, 3.8) is 0 Å². The summed E-state index contributed by atoms with van der Waals surface area (Å²) in [6.07, 6.45) is 4.05. The van der Waals surface area contributed by atoms with Crippen LogP contribution in [0.2, 0.25) is 0 Å². The van der Waals surface area contributed by atoms with Gasteiger partial charge in [0.1, 0.15) is 12.3 Å². The lowest BCUT2D eigenvalue weighted by Gasteiger charge is -2.28. The van der Waals surface area contributed by atoms with Gasteiger partial charge in [0.25, 0.3) is 0 Å². The monoisotopic (exact) mass is 408 g/mol. The van der Waals surface area contributed by atoms with E-state index < -0.39 is 5.97 Å². The molecule has 2 heterocycles. The van der Waals surface area contributed by atoms with Crippen molar-refractivity contribution in [2.75, 3.05) is 20.2 Å². The maximum Gasteiger partial charge on any atom is 0.337 e. The minimum Gasteiger partial charge on any atom is -0.507 e. The van der Waals surface area contributed by atoms with Gasteiger partial charge < -0.3 is 19.5 Å². The summed E-state index contributed by atoms with van der Waals surface area (Å²) < 4.78 is 10.7. The summed E-state index contributed by atoms with van der Waals surface area (Å²) in [6, 6.07) is 9.95. The number of Topliss-reactive ketones (excluding diaryl/α,β-unsaturated/α-hetero) is 1. The summed E-state index contributed by atoms with van der Waals surface area (Å²) in [5.74, 6) is 0.872. The highest BCUT2D eigenvalue weighted by molar-refractivity contribution is 6.15. The number of hydrogen-bond donors (Lipinski definition) is 2. The van der Waals surface area contributed by atoms with Crippen LogP contribution >= 0.6 is 0 Å². The van der Waals surface area contributed by atoms with E-state index in [9.17, 15) is 14.7 Å². The van der Waals surface area contributed by atoms with Crippen LogP contribution in [0.1, 0.15) is 51.6 Å². The Labute approximate surface area is 175 Å². The zero-order valence-electron chi connectivity index (χ0n) is 17.2. The molecule has 6 heteroatoms. The Bertz CT molecular complexity index is 1010. The number of quaternary nitrogens is 1. The van der Waals surface area contributed by atoms with E-state index >= 15 is 0 Å². The van der Waals surface area contributed by atoms with Crippen LogP contribution in [0.25, 0.3) is 6.08 Å². The van der Waals surface area contributed by atoms with Gasteiger partial charge in [0.05, 0.1) is 36.9 Å². The molecule has 6 nitrogen and oxygen atoms in total. The summed E-state index contributed by atoms with van der Waals surface area (Å²) in [6.45, 7) is 4.98. The molecular formula is C24H26NO5+. The first-order valence-corrected chi connectivity index (χ1v) is 10.3. The number of hydrogen-bond acceptors (Lipinski definition) is 5. The first-order valence-electron chi connectivity index (χ1n) is 10.3. The molecule has 1 fully saturated rings. The highest BCUT2D eigenvalue weighted by Gasteiger charge is 2.33. The van der Waals surface area contributed by atoms with Crippen LogP contribution in [0.3, 0.4) is 0 Å². The van der Waals surface area contributed by atoms with Crippen molar-refractivity contribution in [1.82, 2.24) is 0 Å². The molecule has 2 aliphatic rings. The molecule has 4 rings (SSSR count). The van der Waals surface area contributed by atoms with Crippen LogP contribution in [0.15, 0.2) is 42.2 Å². The highest BCUT2D eigenvalue weighted by atomic mass is 16.5. The molecule has 2 aromatic rings. The number of methoxy groups -OCH3 is 1. The number of benzene rings is 2. The third kappa shape index (κ3) is 3.96. The van der Waals surface area contributed by atoms with Gasteiger partial charge in [-0.15, -0.1) is 0 Å². The lowest BCUT2D eigenvalue weighted by molar-refractivity contribution is -0.922. The molecule has 30 heavy (non-hydrogen) atoms. The van der Waals surface area contributed by atoms with Gasteiger partial charge in [-0.3, -0.25) is 4.79 Å². The third-order valence-electron chi connectivity index (χ3n) is 5.84. The minimum atomic E-state index is -0.413. The zero-order valence-corrected chi connectivity index (χ0v) is 17.2. The number of phenols is 1. The number of esters is 1. The lowest BCUT2D eigenvalue weighted by Crippen LogP contribution is -3.12. The maximum atomic E-state index is 12.9. The predicted octanol–water partition coefficient (Wildman–Crippen LogP) is 2.61. The average Bonchev–Trinajstić information content (AvgIpc) is 3.06. The molecule has 2 N–H and O–H groups in total. The molecular weight excluding hydrogens is 382 g/mol. The Kier molecular flexibility index (Phi) is 5.59. The van der Waals surface area contributed by atoms with Crippen LogP contribution in [0.4, 0.5) is 0 Å². The van der Waals surface area contributed by atoms with Crippen molar-refractivity contribution in [3.05, 3.63) is 64.4 Å². The Balaban J connectivity index is 1.59. The number of carbonyl (C=O) groups excluding carboxylic acids is 2. The van der Waals surface area contributed by atoms with Gasteiger partial charge in [0.2, 0.25) is 5.78 Å². The lowest BCUT2D eigenvalue weighted by atomic mass is 9.99. The SMILES string of the molecule is COC(=O)c1ccc(/C=C2\Oc3c(ccc(O)c3C[NH+]3CCC[C@@H](C)C3)C2=O)cc1. The van der Waals surface area contributed by atoms with E-state index in [1.807, 2.05) is 0 Å². The summed E-state index contributed by atoms with van der Waals surface area (Å²) in [4.78, 5) is 25.8. The normalized spacial score (nSPS) is 21.9. The molecule has 2 atom stereocenters. The first kappa shape index (κ1) is 20.2. The fourth-order valence-corrected chi connectivity index (χ4v) is 4.26. The van der Waals surface area contributed by atoms with Crippen LogP contribution in [-0.2, 0) is 11.3 Å². The smallest absolute Gasteiger partial charge is 0.337 e. The summed E-state index contributed by atoms with van der Waals surface area (Å²) in [7, 11) is 1.33. The number of ketones is 1. The fourth-order valence-electron chi connectivity index (χ4n) is 4.26. The number of nitrogens with one attached hydrogen (secondary N) is 1. The molecule has 0 amide bonds. The molecule has 0 spiro atoms. The number of ether oxygens (including phenoxy) is 2. The van der Waals surface area contributed by atoms with Crippen molar-refractivity contribution in [3.8, 4) is 11.5 Å². The third-order valence-corrected chi connectivity index (χ3v) is 5.84. The van der Waals surface area contributed by atoms with E-state index in [1.54, 1.807) is 42.5 Å². The molecule has 0 radical (unpaired) electrons. The van der Waals surface area contributed by atoms with Crippen molar-refractivity contribution in [2.45, 2.75) is 26.3 Å². The quantitative estimate of drug-likeness (QED) is 0.601. The van der Waals surface area contributed by atoms with Crippen LogP contribution in [0.5, 0.6) is 11.5 Å². The van der Waals surface area contributed by atoms with E-state index in [1.165, 1.54) is 24.9 Å². The molecule has 1 unspecified atom stereocenters.